The Morgan fingerprint density at radius 1 is 1.43 bits per heavy atom. The zero-order valence-corrected chi connectivity index (χ0v) is 12.1. The van der Waals surface area contributed by atoms with Gasteiger partial charge in [-0.05, 0) is 25.5 Å². The predicted octanol–water partition coefficient (Wildman–Crippen LogP) is 0.312. The third kappa shape index (κ3) is 2.92. The average Bonchev–Trinajstić information content (AvgIpc) is 3.00. The largest absolute Gasteiger partial charge is 0.336 e. The molecule has 3 rings (SSSR count). The van der Waals surface area contributed by atoms with Crippen LogP contribution in [0.5, 0.6) is 0 Å². The number of piperazine rings is 1. The van der Waals surface area contributed by atoms with Crippen molar-refractivity contribution in [3.05, 3.63) is 29.6 Å². The van der Waals surface area contributed by atoms with Gasteiger partial charge in [0.25, 0.3) is 5.91 Å². The van der Waals surface area contributed by atoms with Crippen molar-refractivity contribution in [2.24, 2.45) is 5.73 Å². The van der Waals surface area contributed by atoms with Gasteiger partial charge >= 0.3 is 0 Å². The van der Waals surface area contributed by atoms with Crippen LogP contribution in [-0.2, 0) is 0 Å². The zero-order valence-electron chi connectivity index (χ0n) is 12.1. The van der Waals surface area contributed by atoms with Crippen LogP contribution in [-0.4, -0.2) is 59.5 Å². The summed E-state index contributed by atoms with van der Waals surface area (Å²) in [6, 6.07) is 2.28. The Hall–Kier alpha value is -1.90. The summed E-state index contributed by atoms with van der Waals surface area (Å²) in [6.45, 7) is 4.05. The first-order chi connectivity index (χ1) is 10.3. The number of rotatable bonds is 1. The van der Waals surface area contributed by atoms with E-state index in [1.165, 1.54) is 19.4 Å². The first-order valence-corrected chi connectivity index (χ1v) is 7.46. The van der Waals surface area contributed by atoms with Gasteiger partial charge in [-0.3, -0.25) is 14.7 Å². The SMILES string of the molecule is NCC#Cc1cnccc1C(=O)N1CCN2CCCC2C1. The molecule has 0 saturated carbocycles. The van der Waals surface area contributed by atoms with Gasteiger partial charge < -0.3 is 10.6 Å². The highest BCUT2D eigenvalue weighted by atomic mass is 16.2. The fraction of sp³-hybridized carbons (Fsp3) is 0.500. The molecule has 3 heterocycles. The molecule has 1 atom stereocenters. The topological polar surface area (TPSA) is 62.5 Å². The lowest BCUT2D eigenvalue weighted by Crippen LogP contribution is -2.52. The van der Waals surface area contributed by atoms with E-state index in [9.17, 15) is 4.79 Å². The summed E-state index contributed by atoms with van der Waals surface area (Å²) in [7, 11) is 0. The van der Waals surface area contributed by atoms with Crippen molar-refractivity contribution >= 4 is 5.91 Å². The van der Waals surface area contributed by atoms with Gasteiger partial charge in [-0.2, -0.15) is 0 Å². The molecule has 0 aliphatic carbocycles. The Labute approximate surface area is 125 Å². The molecular formula is C16H20N4O. The van der Waals surface area contributed by atoms with Crippen LogP contribution >= 0.6 is 0 Å². The van der Waals surface area contributed by atoms with Gasteiger partial charge in [-0.25, -0.2) is 0 Å². The zero-order chi connectivity index (χ0) is 14.7. The molecule has 1 amide bonds. The number of carbonyl (C=O) groups is 1. The van der Waals surface area contributed by atoms with Crippen LogP contribution in [0.25, 0.3) is 0 Å². The molecule has 2 aliphatic rings. The van der Waals surface area contributed by atoms with Gasteiger partial charge in [-0.1, -0.05) is 11.8 Å². The quantitative estimate of drug-likeness (QED) is 0.754. The second-order valence-electron chi connectivity index (χ2n) is 5.51. The number of nitrogens with two attached hydrogens (primary N) is 1. The maximum absolute atomic E-state index is 12.8. The number of hydrogen-bond donors (Lipinski definition) is 1. The summed E-state index contributed by atoms with van der Waals surface area (Å²) < 4.78 is 0. The molecule has 5 nitrogen and oxygen atoms in total. The number of fused-ring (bicyclic) bond motifs is 1. The molecule has 0 radical (unpaired) electrons. The molecule has 2 fully saturated rings. The molecule has 21 heavy (non-hydrogen) atoms. The first-order valence-electron chi connectivity index (χ1n) is 7.46. The highest BCUT2D eigenvalue weighted by Crippen LogP contribution is 2.23. The smallest absolute Gasteiger partial charge is 0.255 e. The standard InChI is InChI=1S/C16H20N4O/c17-6-1-3-13-11-18-7-5-15(13)16(21)20-10-9-19-8-2-4-14(19)12-20/h5,7,11,14H,2,4,6,8-10,12,17H2. The van der Waals surface area contributed by atoms with Crippen LogP contribution in [0.1, 0.15) is 28.8 Å². The molecule has 5 heteroatoms. The van der Waals surface area contributed by atoms with Gasteiger partial charge in [0.05, 0.1) is 17.7 Å². The van der Waals surface area contributed by atoms with Crippen LogP contribution in [0, 0.1) is 11.8 Å². The van der Waals surface area contributed by atoms with Crippen molar-refractivity contribution in [2.45, 2.75) is 18.9 Å². The number of pyridine rings is 1. The number of amides is 1. The highest BCUT2D eigenvalue weighted by Gasteiger charge is 2.33. The fourth-order valence-corrected chi connectivity index (χ4v) is 3.17. The lowest BCUT2D eigenvalue weighted by molar-refractivity contribution is 0.0571. The molecule has 2 aliphatic heterocycles. The van der Waals surface area contributed by atoms with Crippen molar-refractivity contribution in [2.75, 3.05) is 32.7 Å². The Kier molecular flexibility index (Phi) is 4.18. The molecule has 1 unspecified atom stereocenters. The Morgan fingerprint density at radius 3 is 3.19 bits per heavy atom. The van der Waals surface area contributed by atoms with E-state index in [2.05, 4.69) is 21.7 Å². The minimum Gasteiger partial charge on any atom is -0.336 e. The molecule has 0 bridgehead atoms. The minimum atomic E-state index is 0.0604. The third-order valence-electron chi connectivity index (χ3n) is 4.25. The third-order valence-corrected chi connectivity index (χ3v) is 4.25. The lowest BCUT2D eigenvalue weighted by Gasteiger charge is -2.37. The molecule has 0 aromatic carbocycles. The molecule has 110 valence electrons. The van der Waals surface area contributed by atoms with Gasteiger partial charge in [-0.15, -0.1) is 0 Å². The Balaban J connectivity index is 1.79. The maximum atomic E-state index is 12.8. The Bertz CT molecular complexity index is 589. The minimum absolute atomic E-state index is 0.0604. The molecule has 1 aromatic heterocycles. The van der Waals surface area contributed by atoms with Crippen molar-refractivity contribution in [3.63, 3.8) is 0 Å². The van der Waals surface area contributed by atoms with Gasteiger partial charge in [0.15, 0.2) is 0 Å². The predicted molar refractivity (Wildman–Crippen MR) is 80.7 cm³/mol. The van der Waals surface area contributed by atoms with Gasteiger partial charge in [0.1, 0.15) is 0 Å². The second kappa shape index (κ2) is 6.25. The molecular weight excluding hydrogens is 264 g/mol. The number of hydrogen-bond acceptors (Lipinski definition) is 4. The monoisotopic (exact) mass is 284 g/mol. The van der Waals surface area contributed by atoms with Crippen molar-refractivity contribution < 1.29 is 4.79 Å². The van der Waals surface area contributed by atoms with E-state index in [1.54, 1.807) is 18.5 Å². The number of carbonyl (C=O) groups excluding carboxylic acids is 1. The molecule has 0 spiro atoms. The first kappa shape index (κ1) is 14.1. The summed E-state index contributed by atoms with van der Waals surface area (Å²) in [5.41, 5.74) is 6.71. The second-order valence-corrected chi connectivity index (χ2v) is 5.51. The van der Waals surface area contributed by atoms with E-state index in [0.29, 0.717) is 17.2 Å². The number of nitrogens with zero attached hydrogens (tertiary/aromatic N) is 3. The van der Waals surface area contributed by atoms with Crippen LogP contribution < -0.4 is 5.73 Å². The van der Waals surface area contributed by atoms with E-state index >= 15 is 0 Å². The van der Waals surface area contributed by atoms with E-state index in [1.807, 2.05) is 4.90 Å². The molecule has 1 aromatic rings. The van der Waals surface area contributed by atoms with Crippen molar-refractivity contribution in [1.82, 2.24) is 14.8 Å². The average molecular weight is 284 g/mol. The van der Waals surface area contributed by atoms with Crippen LogP contribution in [0.2, 0.25) is 0 Å². The maximum Gasteiger partial charge on any atom is 0.255 e. The Morgan fingerprint density at radius 2 is 2.33 bits per heavy atom. The van der Waals surface area contributed by atoms with E-state index < -0.39 is 0 Å². The summed E-state index contributed by atoms with van der Waals surface area (Å²) in [6.07, 6.45) is 5.73. The van der Waals surface area contributed by atoms with Crippen LogP contribution in [0.15, 0.2) is 18.5 Å². The van der Waals surface area contributed by atoms with Crippen molar-refractivity contribution in [3.8, 4) is 11.8 Å². The summed E-state index contributed by atoms with van der Waals surface area (Å²) in [5.74, 6) is 5.80. The van der Waals surface area contributed by atoms with E-state index in [0.717, 1.165) is 19.6 Å². The molecule has 2 saturated heterocycles. The number of aromatic nitrogens is 1. The van der Waals surface area contributed by atoms with Gasteiger partial charge in [0.2, 0.25) is 0 Å². The normalized spacial score (nSPS) is 21.6. The molecule has 2 N–H and O–H groups in total. The van der Waals surface area contributed by atoms with Gasteiger partial charge in [0, 0.05) is 38.1 Å². The van der Waals surface area contributed by atoms with Crippen LogP contribution in [0.4, 0.5) is 0 Å². The van der Waals surface area contributed by atoms with Crippen LogP contribution in [0.3, 0.4) is 0 Å². The van der Waals surface area contributed by atoms with E-state index in [-0.39, 0.29) is 12.5 Å². The van der Waals surface area contributed by atoms with Crippen molar-refractivity contribution in [1.29, 1.82) is 0 Å². The lowest BCUT2D eigenvalue weighted by atomic mass is 10.1. The summed E-state index contributed by atoms with van der Waals surface area (Å²) in [4.78, 5) is 21.3. The summed E-state index contributed by atoms with van der Waals surface area (Å²) >= 11 is 0. The summed E-state index contributed by atoms with van der Waals surface area (Å²) in [5, 5.41) is 0. The highest BCUT2D eigenvalue weighted by molar-refractivity contribution is 5.96. The fourth-order valence-electron chi connectivity index (χ4n) is 3.17. The van der Waals surface area contributed by atoms with E-state index in [4.69, 9.17) is 5.73 Å².